The number of pyridine rings is 1. The number of halogens is 2. The van der Waals surface area contributed by atoms with Gasteiger partial charge in [-0.3, -0.25) is 9.20 Å². The van der Waals surface area contributed by atoms with Crippen molar-refractivity contribution in [3.05, 3.63) is 82.8 Å². The molecule has 0 unspecified atom stereocenters. The Morgan fingerprint density at radius 3 is 2.71 bits per heavy atom. The zero-order valence-corrected chi connectivity index (χ0v) is 15.8. The average Bonchev–Trinajstić information content (AvgIpc) is 3.30. The van der Waals surface area contributed by atoms with E-state index in [9.17, 15) is 9.18 Å². The highest BCUT2D eigenvalue weighted by molar-refractivity contribution is 6.30. The molecule has 8 heteroatoms. The highest BCUT2D eigenvalue weighted by Crippen LogP contribution is 2.18. The summed E-state index contributed by atoms with van der Waals surface area (Å²) >= 11 is 6.02. The molecule has 0 fully saturated rings. The maximum absolute atomic E-state index is 13.1. The average molecular weight is 398 g/mol. The molecule has 0 saturated heterocycles. The van der Waals surface area contributed by atoms with Gasteiger partial charge in [-0.25, -0.2) is 14.1 Å². The lowest BCUT2D eigenvalue weighted by atomic mass is 10.2. The molecule has 3 heterocycles. The fourth-order valence-electron chi connectivity index (χ4n) is 3.00. The van der Waals surface area contributed by atoms with E-state index in [1.54, 1.807) is 51.8 Å². The predicted molar refractivity (Wildman–Crippen MR) is 104 cm³/mol. The zero-order chi connectivity index (χ0) is 19.7. The van der Waals surface area contributed by atoms with E-state index in [1.165, 1.54) is 12.1 Å². The number of hydrogen-bond donors (Lipinski definition) is 1. The molecule has 0 aliphatic carbocycles. The number of nitrogens with one attached hydrogen (secondary N) is 1. The van der Waals surface area contributed by atoms with E-state index in [0.717, 1.165) is 5.69 Å². The summed E-state index contributed by atoms with van der Waals surface area (Å²) in [6, 6.07) is 11.3. The second-order valence-corrected chi connectivity index (χ2v) is 6.68. The summed E-state index contributed by atoms with van der Waals surface area (Å²) in [6.45, 7) is 2.21. The van der Waals surface area contributed by atoms with Crippen molar-refractivity contribution in [1.29, 1.82) is 0 Å². The van der Waals surface area contributed by atoms with Crippen LogP contribution in [-0.2, 0) is 13.0 Å². The maximum Gasteiger partial charge on any atom is 0.270 e. The van der Waals surface area contributed by atoms with E-state index < -0.39 is 0 Å². The fraction of sp³-hybridized carbons (Fsp3) is 0.150. The van der Waals surface area contributed by atoms with E-state index in [2.05, 4.69) is 15.4 Å². The van der Waals surface area contributed by atoms with Gasteiger partial charge in [0.15, 0.2) is 0 Å². The van der Waals surface area contributed by atoms with E-state index in [-0.39, 0.29) is 18.3 Å². The highest BCUT2D eigenvalue weighted by atomic mass is 35.5. The van der Waals surface area contributed by atoms with Crippen molar-refractivity contribution in [3.8, 4) is 5.69 Å². The molecule has 0 bridgehead atoms. The molecule has 0 atom stereocenters. The monoisotopic (exact) mass is 397 g/mol. The van der Waals surface area contributed by atoms with Gasteiger partial charge in [-0.05, 0) is 42.8 Å². The highest BCUT2D eigenvalue weighted by Gasteiger charge is 2.18. The normalized spacial score (nSPS) is 11.1. The number of carbonyl (C=O) groups is 1. The number of amides is 1. The topological polar surface area (TPSA) is 64.2 Å². The SMILES string of the molecule is CCc1nc2cc(Cl)ccn2c1C(=O)NCc1ccn(-c2ccc(F)cc2)n1. The van der Waals surface area contributed by atoms with Gasteiger partial charge in [0.2, 0.25) is 0 Å². The molecular weight excluding hydrogens is 381 g/mol. The van der Waals surface area contributed by atoms with Crippen LogP contribution < -0.4 is 5.32 Å². The second-order valence-electron chi connectivity index (χ2n) is 6.24. The zero-order valence-electron chi connectivity index (χ0n) is 15.1. The van der Waals surface area contributed by atoms with Crippen LogP contribution in [0.3, 0.4) is 0 Å². The van der Waals surface area contributed by atoms with Gasteiger partial charge in [0, 0.05) is 23.5 Å². The summed E-state index contributed by atoms with van der Waals surface area (Å²) < 4.78 is 16.4. The molecule has 4 rings (SSSR count). The first-order chi connectivity index (χ1) is 13.5. The van der Waals surface area contributed by atoms with E-state index in [0.29, 0.717) is 34.2 Å². The number of benzene rings is 1. The summed E-state index contributed by atoms with van der Waals surface area (Å²) in [6.07, 6.45) is 4.13. The molecule has 0 radical (unpaired) electrons. The summed E-state index contributed by atoms with van der Waals surface area (Å²) in [5.41, 5.74) is 3.26. The minimum atomic E-state index is -0.301. The molecule has 4 aromatic rings. The minimum absolute atomic E-state index is 0.233. The van der Waals surface area contributed by atoms with Crippen molar-refractivity contribution in [3.63, 3.8) is 0 Å². The Bertz CT molecular complexity index is 1150. The van der Waals surface area contributed by atoms with Crippen LogP contribution in [-0.4, -0.2) is 25.1 Å². The van der Waals surface area contributed by atoms with Crippen molar-refractivity contribution >= 4 is 23.2 Å². The molecule has 3 aromatic heterocycles. The third-order valence-electron chi connectivity index (χ3n) is 4.38. The standard InChI is InChI=1S/C20H17ClFN5O/c1-2-17-19(26-9-7-13(21)11-18(26)24-17)20(28)23-12-15-8-10-27(25-15)16-5-3-14(22)4-6-16/h3-11H,2,12H2,1H3,(H,23,28). The van der Waals surface area contributed by atoms with Crippen molar-refractivity contribution in [2.24, 2.45) is 0 Å². The molecule has 142 valence electrons. The van der Waals surface area contributed by atoms with E-state index in [4.69, 9.17) is 11.6 Å². The Morgan fingerprint density at radius 2 is 1.96 bits per heavy atom. The first-order valence-corrected chi connectivity index (χ1v) is 9.18. The number of aromatic nitrogens is 4. The maximum atomic E-state index is 13.1. The smallest absolute Gasteiger partial charge is 0.270 e. The molecule has 0 aliphatic rings. The van der Waals surface area contributed by atoms with Crippen LogP contribution in [0, 0.1) is 5.82 Å². The van der Waals surface area contributed by atoms with Crippen LogP contribution in [0.25, 0.3) is 11.3 Å². The summed E-state index contributed by atoms with van der Waals surface area (Å²) in [5.74, 6) is -0.535. The van der Waals surface area contributed by atoms with Gasteiger partial charge in [-0.15, -0.1) is 0 Å². The van der Waals surface area contributed by atoms with Crippen LogP contribution in [0.1, 0.15) is 28.8 Å². The number of rotatable bonds is 5. The van der Waals surface area contributed by atoms with Gasteiger partial charge in [0.05, 0.1) is 23.6 Å². The molecule has 28 heavy (non-hydrogen) atoms. The first kappa shape index (κ1) is 18.2. The predicted octanol–water partition coefficient (Wildman–Crippen LogP) is 3.80. The van der Waals surface area contributed by atoms with Crippen LogP contribution in [0.2, 0.25) is 5.02 Å². The Kier molecular flexibility index (Phi) is 4.83. The van der Waals surface area contributed by atoms with Crippen LogP contribution in [0.15, 0.2) is 54.9 Å². The Morgan fingerprint density at radius 1 is 1.18 bits per heavy atom. The molecule has 6 nitrogen and oxygen atoms in total. The van der Waals surface area contributed by atoms with E-state index in [1.807, 2.05) is 6.92 Å². The fourth-order valence-corrected chi connectivity index (χ4v) is 3.16. The number of aryl methyl sites for hydroxylation is 1. The summed E-state index contributed by atoms with van der Waals surface area (Å²) in [5, 5.41) is 7.88. The van der Waals surface area contributed by atoms with Crippen molar-refractivity contribution in [1.82, 2.24) is 24.5 Å². The van der Waals surface area contributed by atoms with Crippen LogP contribution >= 0.6 is 11.6 Å². The Balaban J connectivity index is 1.52. The molecule has 1 amide bonds. The third-order valence-corrected chi connectivity index (χ3v) is 4.61. The molecule has 0 aliphatic heterocycles. The quantitative estimate of drug-likeness (QED) is 0.557. The lowest BCUT2D eigenvalue weighted by Crippen LogP contribution is -2.25. The third kappa shape index (κ3) is 3.48. The van der Waals surface area contributed by atoms with Crippen molar-refractivity contribution < 1.29 is 9.18 Å². The summed E-state index contributed by atoms with van der Waals surface area (Å²) in [4.78, 5) is 17.3. The number of nitrogens with zero attached hydrogens (tertiary/aromatic N) is 4. The van der Waals surface area contributed by atoms with Gasteiger partial charge < -0.3 is 5.32 Å². The number of imidazole rings is 1. The Hall–Kier alpha value is -3.19. The minimum Gasteiger partial charge on any atom is -0.345 e. The van der Waals surface area contributed by atoms with Crippen LogP contribution in [0.4, 0.5) is 4.39 Å². The van der Waals surface area contributed by atoms with Crippen molar-refractivity contribution in [2.75, 3.05) is 0 Å². The Labute approximate surface area is 165 Å². The van der Waals surface area contributed by atoms with Crippen LogP contribution in [0.5, 0.6) is 0 Å². The second kappa shape index (κ2) is 7.44. The van der Waals surface area contributed by atoms with Crippen molar-refractivity contribution in [2.45, 2.75) is 19.9 Å². The van der Waals surface area contributed by atoms with Gasteiger partial charge in [0.1, 0.15) is 17.2 Å². The number of fused-ring (bicyclic) bond motifs is 1. The largest absolute Gasteiger partial charge is 0.345 e. The van der Waals surface area contributed by atoms with E-state index >= 15 is 0 Å². The first-order valence-electron chi connectivity index (χ1n) is 8.80. The molecule has 1 aromatic carbocycles. The molecule has 1 N–H and O–H groups in total. The van der Waals surface area contributed by atoms with Gasteiger partial charge >= 0.3 is 0 Å². The van der Waals surface area contributed by atoms with Gasteiger partial charge in [-0.1, -0.05) is 18.5 Å². The van der Waals surface area contributed by atoms with Gasteiger partial charge in [0.25, 0.3) is 5.91 Å². The number of carbonyl (C=O) groups excluding carboxylic acids is 1. The van der Waals surface area contributed by atoms with Gasteiger partial charge in [-0.2, -0.15) is 5.10 Å². The molecule has 0 spiro atoms. The lowest BCUT2D eigenvalue weighted by Gasteiger charge is -2.06. The number of hydrogen-bond acceptors (Lipinski definition) is 3. The lowest BCUT2D eigenvalue weighted by molar-refractivity contribution is 0.0943. The molecular formula is C20H17ClFN5O. The molecule has 0 saturated carbocycles. The summed E-state index contributed by atoms with van der Waals surface area (Å²) in [7, 11) is 0.